The third kappa shape index (κ3) is 2.52. The molecule has 3 heteroatoms. The van der Waals surface area contributed by atoms with Crippen LogP contribution in [0, 0.1) is 6.92 Å². The van der Waals surface area contributed by atoms with Gasteiger partial charge in [0.1, 0.15) is 0 Å². The number of amides is 1. The quantitative estimate of drug-likeness (QED) is 0.671. The molecule has 0 saturated heterocycles. The standard InChI is InChI=1S/C8H10NO.Cu/c1-3-5-6-8(10)9-7-4-2;/h1,3,5H,2,4,7H2,(H,9,10);. The van der Waals surface area contributed by atoms with Gasteiger partial charge in [0, 0.05) is 0 Å². The SMILES string of the molecule is [CH2]CCNC(=O)[C]1=CC=[CH][Cu]1. The molecule has 0 unspecified atom stereocenters. The molecular weight excluding hydrogens is 190 g/mol. The molecule has 1 amide bonds. The summed E-state index contributed by atoms with van der Waals surface area (Å²) in [6, 6.07) is 0. The first-order valence-electron chi connectivity index (χ1n) is 3.34. The van der Waals surface area contributed by atoms with Crippen molar-refractivity contribution in [1.82, 2.24) is 5.32 Å². The molecule has 0 spiro atoms. The van der Waals surface area contributed by atoms with Crippen LogP contribution >= 0.6 is 0 Å². The van der Waals surface area contributed by atoms with Crippen molar-refractivity contribution in [3.63, 3.8) is 0 Å². The zero-order chi connectivity index (χ0) is 8.10. The summed E-state index contributed by atoms with van der Waals surface area (Å²) in [6.45, 7) is 4.27. The van der Waals surface area contributed by atoms with Crippen molar-refractivity contribution in [2.24, 2.45) is 0 Å². The number of hydrogen-bond donors (Lipinski definition) is 1. The molecule has 0 aromatic heterocycles. The Labute approximate surface area is 72.9 Å². The topological polar surface area (TPSA) is 29.1 Å². The van der Waals surface area contributed by atoms with E-state index in [9.17, 15) is 4.79 Å². The average molecular weight is 200 g/mol. The Balaban J connectivity index is 2.31. The molecule has 1 aliphatic heterocycles. The van der Waals surface area contributed by atoms with Crippen LogP contribution < -0.4 is 5.32 Å². The van der Waals surface area contributed by atoms with E-state index in [0.29, 0.717) is 6.54 Å². The normalized spacial score (nSPS) is 15.5. The number of carbonyl (C=O) groups is 1. The Morgan fingerprint density at radius 1 is 1.73 bits per heavy atom. The van der Waals surface area contributed by atoms with E-state index in [1.165, 1.54) is 15.0 Å². The van der Waals surface area contributed by atoms with Crippen molar-refractivity contribution in [2.45, 2.75) is 6.42 Å². The zero-order valence-corrected chi connectivity index (χ0v) is 7.00. The molecule has 1 N–H and O–H groups in total. The van der Waals surface area contributed by atoms with Gasteiger partial charge in [-0.25, -0.2) is 0 Å². The average Bonchev–Trinajstić information content (AvgIpc) is 2.52. The summed E-state index contributed by atoms with van der Waals surface area (Å²) in [6.07, 6.45) is 4.40. The van der Waals surface area contributed by atoms with Crippen LogP contribution in [0.15, 0.2) is 21.6 Å². The second-order valence-electron chi connectivity index (χ2n) is 1.96. The molecule has 1 rings (SSSR count). The summed E-state index contributed by atoms with van der Waals surface area (Å²) >= 11 is 1.53. The molecular formula is C8H10CuNO. The molecule has 0 fully saturated rings. The Kier molecular flexibility index (Phi) is 3.40. The minimum absolute atomic E-state index is 0.00125. The fraction of sp³-hybridized carbons (Fsp3) is 0.250. The van der Waals surface area contributed by atoms with E-state index < -0.39 is 0 Å². The summed E-state index contributed by atoms with van der Waals surface area (Å²) in [5.41, 5.74) is 0. The van der Waals surface area contributed by atoms with Crippen LogP contribution in [0.4, 0.5) is 0 Å². The van der Waals surface area contributed by atoms with Crippen molar-refractivity contribution in [3.05, 3.63) is 28.5 Å². The maximum absolute atomic E-state index is 11.1. The number of nitrogens with one attached hydrogen (secondary N) is 1. The van der Waals surface area contributed by atoms with E-state index >= 15 is 0 Å². The zero-order valence-electron chi connectivity index (χ0n) is 6.06. The van der Waals surface area contributed by atoms with Gasteiger partial charge in [0.05, 0.1) is 0 Å². The Hall–Kier alpha value is -0.531. The summed E-state index contributed by atoms with van der Waals surface area (Å²) in [4.78, 5) is 13.0. The van der Waals surface area contributed by atoms with Gasteiger partial charge in [-0.1, -0.05) is 0 Å². The number of carbonyl (C=O) groups excluding carboxylic acids is 1. The number of rotatable bonds is 3. The molecule has 1 radical (unpaired) electrons. The predicted octanol–water partition coefficient (Wildman–Crippen LogP) is 0.820. The first-order valence-corrected chi connectivity index (χ1v) is 4.35. The van der Waals surface area contributed by atoms with E-state index in [-0.39, 0.29) is 5.91 Å². The summed E-state index contributed by atoms with van der Waals surface area (Å²) in [5.74, 6) is -0.00125. The van der Waals surface area contributed by atoms with Gasteiger partial charge >= 0.3 is 72.5 Å². The molecule has 0 saturated carbocycles. The fourth-order valence-corrected chi connectivity index (χ4v) is 1.35. The van der Waals surface area contributed by atoms with E-state index in [1.54, 1.807) is 6.08 Å². The van der Waals surface area contributed by atoms with Crippen molar-refractivity contribution in [1.29, 1.82) is 0 Å². The third-order valence-corrected chi connectivity index (χ3v) is 2.10. The van der Waals surface area contributed by atoms with Crippen molar-refractivity contribution < 1.29 is 19.8 Å². The summed E-state index contributed by atoms with van der Waals surface area (Å²) in [7, 11) is 0. The molecule has 0 aromatic carbocycles. The van der Waals surface area contributed by atoms with Gasteiger partial charge in [0.15, 0.2) is 0 Å². The van der Waals surface area contributed by atoms with Crippen LogP contribution in [0.2, 0.25) is 0 Å². The van der Waals surface area contributed by atoms with Gasteiger partial charge in [-0.2, -0.15) is 0 Å². The van der Waals surface area contributed by atoms with Gasteiger partial charge in [0.25, 0.3) is 0 Å². The van der Waals surface area contributed by atoms with Crippen molar-refractivity contribution >= 4 is 5.91 Å². The van der Waals surface area contributed by atoms with E-state index in [2.05, 4.69) is 12.2 Å². The predicted molar refractivity (Wildman–Crippen MR) is 40.2 cm³/mol. The van der Waals surface area contributed by atoms with Crippen LogP contribution in [-0.2, 0) is 19.8 Å². The van der Waals surface area contributed by atoms with E-state index in [0.717, 1.165) is 10.9 Å². The van der Waals surface area contributed by atoms with Crippen LogP contribution in [0.5, 0.6) is 0 Å². The molecule has 1 heterocycles. The van der Waals surface area contributed by atoms with Crippen molar-refractivity contribution in [2.75, 3.05) is 6.54 Å². The van der Waals surface area contributed by atoms with Crippen LogP contribution in [0.3, 0.4) is 0 Å². The Morgan fingerprint density at radius 2 is 2.55 bits per heavy atom. The molecule has 0 aliphatic carbocycles. The third-order valence-electron chi connectivity index (χ3n) is 1.09. The summed E-state index contributed by atoms with van der Waals surface area (Å²) < 4.78 is 0.752. The van der Waals surface area contributed by atoms with E-state index in [4.69, 9.17) is 0 Å². The van der Waals surface area contributed by atoms with Crippen molar-refractivity contribution in [3.8, 4) is 0 Å². The molecule has 0 bridgehead atoms. The maximum atomic E-state index is 11.1. The van der Waals surface area contributed by atoms with Crippen LogP contribution in [0.25, 0.3) is 0 Å². The summed E-state index contributed by atoms with van der Waals surface area (Å²) in [5, 5.41) is 2.74. The monoisotopic (exact) mass is 199 g/mol. The van der Waals surface area contributed by atoms with Crippen LogP contribution in [0.1, 0.15) is 6.42 Å². The number of hydrogen-bond acceptors (Lipinski definition) is 1. The molecule has 0 atom stereocenters. The minimum atomic E-state index is -0.00125. The van der Waals surface area contributed by atoms with Gasteiger partial charge in [-0.05, 0) is 0 Å². The van der Waals surface area contributed by atoms with Gasteiger partial charge in [-0.15, -0.1) is 0 Å². The fourth-order valence-electron chi connectivity index (χ4n) is 0.613. The Bertz CT molecular complexity index is 208. The molecule has 64 valence electrons. The van der Waals surface area contributed by atoms with Gasteiger partial charge in [0.2, 0.25) is 0 Å². The second kappa shape index (κ2) is 4.37. The molecule has 0 aromatic rings. The van der Waals surface area contributed by atoms with Crippen LogP contribution in [-0.4, -0.2) is 12.5 Å². The Morgan fingerprint density at radius 3 is 3.09 bits per heavy atom. The molecule has 1 aliphatic rings. The molecule has 11 heavy (non-hydrogen) atoms. The first kappa shape index (κ1) is 8.56. The first-order chi connectivity index (χ1) is 5.34. The second-order valence-corrected chi connectivity index (χ2v) is 3.06. The van der Waals surface area contributed by atoms with Gasteiger partial charge < -0.3 is 0 Å². The molecule has 2 nitrogen and oxygen atoms in total. The number of allylic oxidation sites excluding steroid dienone is 2. The van der Waals surface area contributed by atoms with E-state index in [1.807, 2.05) is 11.1 Å². The van der Waals surface area contributed by atoms with Gasteiger partial charge in [-0.3, -0.25) is 0 Å².